The lowest BCUT2D eigenvalue weighted by molar-refractivity contribution is -0.0445. The zero-order valence-electron chi connectivity index (χ0n) is 12.9. The number of morpholine rings is 1. The van der Waals surface area contributed by atoms with Crippen LogP contribution in [0.25, 0.3) is 0 Å². The molecule has 3 rings (SSSR count). The lowest BCUT2D eigenvalue weighted by atomic mass is 10.1. The number of carbonyl (C=O) groups is 1. The molecule has 5 nitrogen and oxygen atoms in total. The Kier molecular flexibility index (Phi) is 4.54. The summed E-state index contributed by atoms with van der Waals surface area (Å²) in [5, 5.41) is 0.371. The van der Waals surface area contributed by atoms with Crippen molar-refractivity contribution in [3.05, 3.63) is 22.8 Å². The molecule has 0 spiro atoms. The first kappa shape index (κ1) is 15.6. The van der Waals surface area contributed by atoms with Crippen LogP contribution in [0.1, 0.15) is 43.5 Å². The second-order valence-electron chi connectivity index (χ2n) is 6.08. The van der Waals surface area contributed by atoms with Gasteiger partial charge < -0.3 is 14.4 Å². The zero-order valence-corrected chi connectivity index (χ0v) is 13.7. The van der Waals surface area contributed by atoms with Crippen molar-refractivity contribution < 1.29 is 14.3 Å². The summed E-state index contributed by atoms with van der Waals surface area (Å²) < 4.78 is 11.3. The highest BCUT2D eigenvalue weighted by atomic mass is 35.5. The second-order valence-corrected chi connectivity index (χ2v) is 6.49. The van der Waals surface area contributed by atoms with Crippen LogP contribution in [0, 0.1) is 0 Å². The monoisotopic (exact) mass is 324 g/mol. The smallest absolute Gasteiger partial charge is 0.255 e. The Hall–Kier alpha value is -1.33. The molecule has 1 aliphatic carbocycles. The van der Waals surface area contributed by atoms with Crippen molar-refractivity contribution in [1.82, 2.24) is 9.88 Å². The van der Waals surface area contributed by atoms with Gasteiger partial charge in [0.2, 0.25) is 5.88 Å². The van der Waals surface area contributed by atoms with Gasteiger partial charge in [-0.25, -0.2) is 4.98 Å². The number of pyridine rings is 1. The van der Waals surface area contributed by atoms with Crippen LogP contribution in [-0.2, 0) is 4.74 Å². The van der Waals surface area contributed by atoms with Crippen LogP contribution in [0.2, 0.25) is 5.02 Å². The molecule has 2 fully saturated rings. The van der Waals surface area contributed by atoms with Gasteiger partial charge in [-0.05, 0) is 39.2 Å². The normalized spacial score (nSPS) is 24.5. The summed E-state index contributed by atoms with van der Waals surface area (Å²) in [5.74, 6) is 0.347. The van der Waals surface area contributed by atoms with Crippen molar-refractivity contribution in [2.24, 2.45) is 0 Å². The van der Waals surface area contributed by atoms with Gasteiger partial charge in [-0.15, -0.1) is 0 Å². The Morgan fingerprint density at radius 2 is 2.32 bits per heavy atom. The van der Waals surface area contributed by atoms with Gasteiger partial charge >= 0.3 is 0 Å². The van der Waals surface area contributed by atoms with Crippen LogP contribution < -0.4 is 4.74 Å². The number of nitrogens with zero attached hydrogens (tertiary/aromatic N) is 2. The predicted molar refractivity (Wildman–Crippen MR) is 83.4 cm³/mol. The molecule has 0 aromatic carbocycles. The number of carbonyl (C=O) groups excluding carboxylic acids is 1. The van der Waals surface area contributed by atoms with E-state index in [4.69, 9.17) is 21.1 Å². The molecular weight excluding hydrogens is 304 g/mol. The van der Waals surface area contributed by atoms with E-state index in [9.17, 15) is 4.79 Å². The van der Waals surface area contributed by atoms with Gasteiger partial charge in [0.1, 0.15) is 5.02 Å². The molecule has 0 radical (unpaired) electrons. The molecular formula is C16H21ClN2O3. The van der Waals surface area contributed by atoms with Gasteiger partial charge in [0.15, 0.2) is 0 Å². The number of amides is 1. The summed E-state index contributed by atoms with van der Waals surface area (Å²) >= 11 is 6.18. The standard InChI is InChI=1S/C16H21ClN2O3/c1-10(2)22-15-12(17)8-11(9-18-15)16(20)19-6-7-21-14-5-3-4-13(14)19/h8-10,13-14H,3-7H2,1-2H3/t13-,14-/m1/s1. The number of fused-ring (bicyclic) bond motifs is 1. The Bertz CT molecular complexity index is 564. The SMILES string of the molecule is CC(C)Oc1ncc(C(=O)N2CCO[C@@H]3CCC[C@H]32)cc1Cl. The maximum Gasteiger partial charge on any atom is 0.255 e. The summed E-state index contributed by atoms with van der Waals surface area (Å²) in [4.78, 5) is 18.9. The molecule has 1 aromatic rings. The molecule has 6 heteroatoms. The maximum absolute atomic E-state index is 12.8. The minimum Gasteiger partial charge on any atom is -0.474 e. The highest BCUT2D eigenvalue weighted by Crippen LogP contribution is 2.31. The Balaban J connectivity index is 1.78. The molecule has 0 bridgehead atoms. The number of ether oxygens (including phenoxy) is 2. The summed E-state index contributed by atoms with van der Waals surface area (Å²) in [5.41, 5.74) is 0.508. The van der Waals surface area contributed by atoms with Gasteiger partial charge in [0.05, 0.1) is 30.4 Å². The van der Waals surface area contributed by atoms with Crippen molar-refractivity contribution in [3.63, 3.8) is 0 Å². The minimum absolute atomic E-state index is 0.00922. The number of hydrogen-bond donors (Lipinski definition) is 0. The molecule has 1 saturated carbocycles. The third-order valence-corrected chi connectivity index (χ3v) is 4.42. The van der Waals surface area contributed by atoms with Gasteiger partial charge in [0, 0.05) is 12.7 Å². The average molecular weight is 325 g/mol. The fourth-order valence-electron chi connectivity index (χ4n) is 3.20. The van der Waals surface area contributed by atoms with Crippen LogP contribution in [-0.4, -0.2) is 47.2 Å². The first-order chi connectivity index (χ1) is 10.6. The lowest BCUT2D eigenvalue weighted by Crippen LogP contribution is -2.51. The van der Waals surface area contributed by atoms with E-state index in [1.807, 2.05) is 18.7 Å². The molecule has 22 heavy (non-hydrogen) atoms. The van der Waals surface area contributed by atoms with Crippen LogP contribution in [0.3, 0.4) is 0 Å². The maximum atomic E-state index is 12.8. The van der Waals surface area contributed by atoms with E-state index in [1.165, 1.54) is 0 Å². The molecule has 0 unspecified atom stereocenters. The minimum atomic E-state index is -0.0225. The molecule has 1 aromatic heterocycles. The zero-order chi connectivity index (χ0) is 15.7. The van der Waals surface area contributed by atoms with Crippen LogP contribution in [0.15, 0.2) is 12.3 Å². The van der Waals surface area contributed by atoms with E-state index in [2.05, 4.69) is 4.98 Å². The quantitative estimate of drug-likeness (QED) is 0.858. The fourth-order valence-corrected chi connectivity index (χ4v) is 3.41. The van der Waals surface area contributed by atoms with Crippen LogP contribution >= 0.6 is 11.6 Å². The molecule has 1 aliphatic heterocycles. The fraction of sp³-hybridized carbons (Fsp3) is 0.625. The highest BCUT2D eigenvalue weighted by Gasteiger charge is 2.38. The van der Waals surface area contributed by atoms with Crippen molar-refractivity contribution >= 4 is 17.5 Å². The van der Waals surface area contributed by atoms with Crippen molar-refractivity contribution in [2.45, 2.75) is 51.4 Å². The highest BCUT2D eigenvalue weighted by molar-refractivity contribution is 6.32. The lowest BCUT2D eigenvalue weighted by Gasteiger charge is -2.37. The molecule has 1 saturated heterocycles. The van der Waals surface area contributed by atoms with Gasteiger partial charge in [0.25, 0.3) is 5.91 Å². The van der Waals surface area contributed by atoms with E-state index >= 15 is 0 Å². The first-order valence-electron chi connectivity index (χ1n) is 7.81. The molecule has 2 atom stereocenters. The van der Waals surface area contributed by atoms with Crippen molar-refractivity contribution in [3.8, 4) is 5.88 Å². The number of hydrogen-bond acceptors (Lipinski definition) is 4. The van der Waals surface area contributed by atoms with Crippen LogP contribution in [0.5, 0.6) is 5.88 Å². The Labute approximate surface area is 135 Å². The predicted octanol–water partition coefficient (Wildman–Crippen LogP) is 2.92. The molecule has 2 heterocycles. The third kappa shape index (κ3) is 3.06. The van der Waals surface area contributed by atoms with E-state index in [1.54, 1.807) is 12.3 Å². The summed E-state index contributed by atoms with van der Waals surface area (Å²) in [6.45, 7) is 5.04. The first-order valence-corrected chi connectivity index (χ1v) is 8.19. The Morgan fingerprint density at radius 3 is 3.05 bits per heavy atom. The number of aromatic nitrogens is 1. The average Bonchev–Trinajstić information content (AvgIpc) is 2.96. The summed E-state index contributed by atoms with van der Waals surface area (Å²) in [6, 6.07) is 1.83. The van der Waals surface area contributed by atoms with Crippen molar-refractivity contribution in [1.29, 1.82) is 0 Å². The van der Waals surface area contributed by atoms with Gasteiger partial charge in [-0.2, -0.15) is 0 Å². The topological polar surface area (TPSA) is 51.7 Å². The second kappa shape index (κ2) is 6.42. The van der Waals surface area contributed by atoms with Crippen molar-refractivity contribution in [2.75, 3.05) is 13.2 Å². The summed E-state index contributed by atoms with van der Waals surface area (Å²) in [6.07, 6.45) is 4.88. The number of halogens is 1. The number of rotatable bonds is 3. The van der Waals surface area contributed by atoms with Gasteiger partial charge in [-0.1, -0.05) is 11.6 Å². The van der Waals surface area contributed by atoms with E-state index < -0.39 is 0 Å². The molecule has 120 valence electrons. The molecule has 2 aliphatic rings. The largest absolute Gasteiger partial charge is 0.474 e. The summed E-state index contributed by atoms with van der Waals surface area (Å²) in [7, 11) is 0. The third-order valence-electron chi connectivity index (χ3n) is 4.14. The van der Waals surface area contributed by atoms with E-state index in [-0.39, 0.29) is 24.2 Å². The molecule has 1 amide bonds. The van der Waals surface area contributed by atoms with E-state index in [0.717, 1.165) is 19.3 Å². The van der Waals surface area contributed by atoms with Crippen LogP contribution in [0.4, 0.5) is 0 Å². The molecule has 0 N–H and O–H groups in total. The van der Waals surface area contributed by atoms with Gasteiger partial charge in [-0.3, -0.25) is 4.79 Å². The van der Waals surface area contributed by atoms with E-state index in [0.29, 0.717) is 29.6 Å². The Morgan fingerprint density at radius 1 is 1.50 bits per heavy atom.